The topological polar surface area (TPSA) is 52.6 Å². The molecule has 1 aliphatic rings. The van der Waals surface area contributed by atoms with Gasteiger partial charge >= 0.3 is 5.97 Å². The van der Waals surface area contributed by atoms with Crippen molar-refractivity contribution in [3.63, 3.8) is 0 Å². The van der Waals surface area contributed by atoms with Crippen molar-refractivity contribution in [3.8, 4) is 0 Å². The molecule has 2 N–H and O–H groups in total. The molecule has 1 aromatic heterocycles. The van der Waals surface area contributed by atoms with Gasteiger partial charge in [-0.3, -0.25) is 9.69 Å². The number of aryl methyl sites for hydroxylation is 1. The molecule has 0 unspecified atom stereocenters. The Bertz CT molecular complexity index is 472. The summed E-state index contributed by atoms with van der Waals surface area (Å²) in [7, 11) is 0. The first-order chi connectivity index (χ1) is 9.49. The first-order valence-electron chi connectivity index (χ1n) is 6.93. The Morgan fingerprint density at radius 2 is 2.30 bits per heavy atom. The van der Waals surface area contributed by atoms with Crippen LogP contribution in [0.15, 0.2) is 10.5 Å². The maximum atomic E-state index is 10.8. The summed E-state index contributed by atoms with van der Waals surface area (Å²) in [4.78, 5) is 15.5. The lowest BCUT2D eigenvalue weighted by Gasteiger charge is -2.42. The molecule has 1 aromatic rings. The van der Waals surface area contributed by atoms with Gasteiger partial charge in [-0.2, -0.15) is 0 Å². The summed E-state index contributed by atoms with van der Waals surface area (Å²) in [5.74, 6) is -0.735. The van der Waals surface area contributed by atoms with E-state index in [4.69, 9.17) is 5.11 Å². The summed E-state index contributed by atoms with van der Waals surface area (Å²) < 4.78 is 1.18. The number of likely N-dealkylation sites (N-methyl/N-ethyl adjacent to an activating group) is 1. The molecule has 20 heavy (non-hydrogen) atoms. The van der Waals surface area contributed by atoms with Gasteiger partial charge in [0.2, 0.25) is 0 Å². The molecule has 0 aromatic carbocycles. The molecular weight excluding hydrogens is 340 g/mol. The smallest absolute Gasteiger partial charge is 0.317 e. The predicted octanol–water partition coefficient (Wildman–Crippen LogP) is 2.85. The van der Waals surface area contributed by atoms with E-state index in [1.807, 2.05) is 23.2 Å². The fraction of sp³-hybridized carbons (Fsp3) is 0.643. The molecule has 1 heterocycles. The number of rotatable bonds is 7. The average Bonchev–Trinajstić information content (AvgIpc) is 2.63. The minimum atomic E-state index is -0.735. The SMILES string of the molecule is CCN(CC(=O)O)C1CC(NCc2sc(C)cc2Br)C1. The minimum Gasteiger partial charge on any atom is -0.480 e. The first kappa shape index (κ1) is 15.9. The number of nitrogens with one attached hydrogen (secondary N) is 1. The van der Waals surface area contributed by atoms with Crippen LogP contribution in [0.3, 0.4) is 0 Å². The fourth-order valence-corrected chi connectivity index (χ4v) is 4.37. The van der Waals surface area contributed by atoms with Crippen LogP contribution in [0.2, 0.25) is 0 Å². The zero-order valence-electron chi connectivity index (χ0n) is 11.9. The second kappa shape index (κ2) is 7.02. The van der Waals surface area contributed by atoms with Crippen LogP contribution in [-0.4, -0.2) is 41.1 Å². The third-order valence-electron chi connectivity index (χ3n) is 3.81. The predicted molar refractivity (Wildman–Crippen MR) is 85.3 cm³/mol. The van der Waals surface area contributed by atoms with Crippen molar-refractivity contribution in [3.05, 3.63) is 20.3 Å². The number of carboxylic acids is 1. The highest BCUT2D eigenvalue weighted by molar-refractivity contribution is 9.10. The van der Waals surface area contributed by atoms with Crippen molar-refractivity contribution in [2.24, 2.45) is 0 Å². The maximum absolute atomic E-state index is 10.8. The van der Waals surface area contributed by atoms with E-state index in [1.165, 1.54) is 14.2 Å². The Kier molecular flexibility index (Phi) is 5.60. The number of nitrogens with zero attached hydrogens (tertiary/aromatic N) is 1. The van der Waals surface area contributed by atoms with Crippen molar-refractivity contribution in [1.29, 1.82) is 0 Å². The number of hydrogen-bond donors (Lipinski definition) is 2. The highest BCUT2D eigenvalue weighted by Crippen LogP contribution is 2.29. The van der Waals surface area contributed by atoms with Gasteiger partial charge in [0.05, 0.1) is 6.54 Å². The highest BCUT2D eigenvalue weighted by Gasteiger charge is 2.33. The van der Waals surface area contributed by atoms with E-state index in [-0.39, 0.29) is 6.54 Å². The van der Waals surface area contributed by atoms with Gasteiger partial charge in [0.25, 0.3) is 0 Å². The van der Waals surface area contributed by atoms with Crippen LogP contribution in [0.4, 0.5) is 0 Å². The first-order valence-corrected chi connectivity index (χ1v) is 8.54. The minimum absolute atomic E-state index is 0.156. The lowest BCUT2D eigenvalue weighted by molar-refractivity contribution is -0.139. The van der Waals surface area contributed by atoms with E-state index >= 15 is 0 Å². The summed E-state index contributed by atoms with van der Waals surface area (Å²) in [6, 6.07) is 3.08. The molecule has 0 atom stereocenters. The van der Waals surface area contributed by atoms with Gasteiger partial charge in [0.1, 0.15) is 0 Å². The largest absolute Gasteiger partial charge is 0.480 e. The molecule has 1 fully saturated rings. The third kappa shape index (κ3) is 4.04. The molecule has 0 saturated heterocycles. The lowest BCUT2D eigenvalue weighted by Crippen LogP contribution is -2.53. The summed E-state index contributed by atoms with van der Waals surface area (Å²) in [6.07, 6.45) is 2.09. The number of carbonyl (C=O) groups is 1. The maximum Gasteiger partial charge on any atom is 0.317 e. The molecular formula is C14H21BrN2O2S. The van der Waals surface area contributed by atoms with Crippen molar-refractivity contribution < 1.29 is 9.90 Å². The molecule has 0 spiro atoms. The Hall–Kier alpha value is -0.430. The summed E-state index contributed by atoms with van der Waals surface area (Å²) in [5, 5.41) is 12.4. The molecule has 0 radical (unpaired) electrons. The van der Waals surface area contributed by atoms with E-state index in [0.717, 1.165) is 25.9 Å². The van der Waals surface area contributed by atoms with Crippen LogP contribution in [0, 0.1) is 6.92 Å². The van der Waals surface area contributed by atoms with Crippen LogP contribution in [0.5, 0.6) is 0 Å². The summed E-state index contributed by atoms with van der Waals surface area (Å²) in [5.41, 5.74) is 0. The Morgan fingerprint density at radius 1 is 1.60 bits per heavy atom. The fourth-order valence-electron chi connectivity index (χ4n) is 2.61. The molecule has 0 bridgehead atoms. The normalized spacial score (nSPS) is 22.0. The Morgan fingerprint density at radius 3 is 2.80 bits per heavy atom. The van der Waals surface area contributed by atoms with E-state index in [1.54, 1.807) is 0 Å². The van der Waals surface area contributed by atoms with Crippen LogP contribution < -0.4 is 5.32 Å². The number of aliphatic carboxylic acids is 1. The molecule has 6 heteroatoms. The van der Waals surface area contributed by atoms with Crippen molar-refractivity contribution in [2.45, 2.75) is 45.3 Å². The van der Waals surface area contributed by atoms with Crippen LogP contribution in [0.25, 0.3) is 0 Å². The van der Waals surface area contributed by atoms with Crippen LogP contribution in [-0.2, 0) is 11.3 Å². The standard InChI is InChI=1S/C14H21BrN2O2S/c1-3-17(8-14(18)19)11-5-10(6-11)16-7-13-12(15)4-9(2)20-13/h4,10-11,16H,3,5-8H2,1-2H3,(H,18,19). The van der Waals surface area contributed by atoms with E-state index in [0.29, 0.717) is 12.1 Å². The third-order valence-corrected chi connectivity index (χ3v) is 5.83. The number of halogens is 1. The Balaban J connectivity index is 1.73. The second-order valence-electron chi connectivity index (χ2n) is 5.29. The van der Waals surface area contributed by atoms with Gasteiger partial charge in [0, 0.05) is 32.9 Å². The molecule has 0 aliphatic heterocycles. The Labute approximate surface area is 132 Å². The average molecular weight is 361 g/mol. The molecule has 112 valence electrons. The van der Waals surface area contributed by atoms with Gasteiger partial charge in [-0.05, 0) is 48.3 Å². The number of hydrogen-bond acceptors (Lipinski definition) is 4. The summed E-state index contributed by atoms with van der Waals surface area (Å²) >= 11 is 5.39. The number of thiophene rings is 1. The van der Waals surface area contributed by atoms with E-state index < -0.39 is 5.97 Å². The number of carboxylic acid groups (broad SMARTS) is 1. The zero-order valence-corrected chi connectivity index (χ0v) is 14.3. The van der Waals surface area contributed by atoms with Gasteiger partial charge in [-0.15, -0.1) is 11.3 Å². The molecule has 2 rings (SSSR count). The van der Waals surface area contributed by atoms with Gasteiger partial charge in [-0.25, -0.2) is 0 Å². The molecule has 1 saturated carbocycles. The van der Waals surface area contributed by atoms with Gasteiger partial charge < -0.3 is 10.4 Å². The molecule has 0 amide bonds. The second-order valence-corrected chi connectivity index (χ2v) is 7.48. The van der Waals surface area contributed by atoms with Gasteiger partial charge in [0.15, 0.2) is 0 Å². The highest BCUT2D eigenvalue weighted by atomic mass is 79.9. The zero-order chi connectivity index (χ0) is 14.7. The molecule has 4 nitrogen and oxygen atoms in total. The molecule has 1 aliphatic carbocycles. The van der Waals surface area contributed by atoms with Crippen LogP contribution in [0.1, 0.15) is 29.5 Å². The van der Waals surface area contributed by atoms with E-state index in [9.17, 15) is 4.79 Å². The quantitative estimate of drug-likeness (QED) is 0.784. The van der Waals surface area contributed by atoms with Crippen molar-refractivity contribution in [2.75, 3.05) is 13.1 Å². The summed E-state index contributed by atoms with van der Waals surface area (Å²) in [6.45, 7) is 5.99. The van der Waals surface area contributed by atoms with Crippen LogP contribution >= 0.6 is 27.3 Å². The van der Waals surface area contributed by atoms with Crippen molar-refractivity contribution >= 4 is 33.2 Å². The lowest BCUT2D eigenvalue weighted by atomic mass is 9.85. The van der Waals surface area contributed by atoms with E-state index in [2.05, 4.69) is 34.2 Å². The monoisotopic (exact) mass is 360 g/mol. The van der Waals surface area contributed by atoms with Crippen molar-refractivity contribution in [1.82, 2.24) is 10.2 Å². The van der Waals surface area contributed by atoms with Gasteiger partial charge in [-0.1, -0.05) is 6.92 Å².